The van der Waals surface area contributed by atoms with E-state index in [0.29, 0.717) is 6.10 Å². The van der Waals surface area contributed by atoms with Crippen LogP contribution in [0.2, 0.25) is 0 Å². The second-order valence-corrected chi connectivity index (χ2v) is 7.36. The van der Waals surface area contributed by atoms with E-state index >= 15 is 0 Å². The van der Waals surface area contributed by atoms with Gasteiger partial charge in [-0.25, -0.2) is 0 Å². The summed E-state index contributed by atoms with van der Waals surface area (Å²) in [5.74, 6) is 6.90. The van der Waals surface area contributed by atoms with Gasteiger partial charge in [-0.2, -0.15) is 0 Å². The van der Waals surface area contributed by atoms with Gasteiger partial charge in [0.2, 0.25) is 0 Å². The van der Waals surface area contributed by atoms with E-state index in [1.54, 1.807) is 0 Å². The first-order chi connectivity index (χ1) is 9.02. The maximum Gasteiger partial charge on any atom is 0.155 e. The topological polar surface area (TPSA) is 12.5 Å². The van der Waals surface area contributed by atoms with Gasteiger partial charge >= 0.3 is 0 Å². The predicted octanol–water partition coefficient (Wildman–Crippen LogP) is 5.09. The normalized spacial score (nSPS) is 33.1. The lowest BCUT2D eigenvalue weighted by Gasteiger charge is -2.11. The molecule has 0 unspecified atom stereocenters. The van der Waals surface area contributed by atoms with Crippen molar-refractivity contribution in [2.75, 3.05) is 0 Å². The molecule has 0 aromatic carbocycles. The Bertz CT molecular complexity index is 341. The van der Waals surface area contributed by atoms with Gasteiger partial charge in [-0.05, 0) is 40.0 Å². The summed E-state index contributed by atoms with van der Waals surface area (Å²) in [5.41, 5.74) is 0.0292. The third-order valence-corrected chi connectivity index (χ3v) is 4.23. The van der Waals surface area contributed by atoms with Crippen molar-refractivity contribution in [3.8, 4) is 11.8 Å². The first-order valence-corrected chi connectivity index (χ1v) is 8.24. The van der Waals surface area contributed by atoms with Crippen LogP contribution in [0.3, 0.4) is 0 Å². The molecule has 2 aliphatic rings. The van der Waals surface area contributed by atoms with Crippen molar-refractivity contribution in [1.82, 2.24) is 0 Å². The van der Waals surface area contributed by atoms with E-state index in [0.717, 1.165) is 6.42 Å². The van der Waals surface area contributed by atoms with Gasteiger partial charge in [0.25, 0.3) is 0 Å². The third kappa shape index (κ3) is 4.84. The van der Waals surface area contributed by atoms with Crippen LogP contribution in [0.4, 0.5) is 0 Å². The lowest BCUT2D eigenvalue weighted by atomic mass is 9.90. The van der Waals surface area contributed by atoms with Crippen LogP contribution in [0.25, 0.3) is 0 Å². The molecular formula is C18H30O. The maximum atomic E-state index is 6.04. The summed E-state index contributed by atoms with van der Waals surface area (Å²) in [6, 6.07) is 0. The van der Waals surface area contributed by atoms with Crippen molar-refractivity contribution in [2.45, 2.75) is 96.7 Å². The molecule has 0 bridgehead atoms. The Balaban J connectivity index is 1.95. The molecule has 0 aromatic heterocycles. The lowest BCUT2D eigenvalue weighted by Crippen LogP contribution is -2.14. The monoisotopic (exact) mass is 262 g/mol. The highest BCUT2D eigenvalue weighted by atomic mass is 16.6. The summed E-state index contributed by atoms with van der Waals surface area (Å²) in [6.45, 7) is 6.55. The van der Waals surface area contributed by atoms with Crippen LogP contribution < -0.4 is 0 Å². The Labute approximate surface area is 119 Å². The molecule has 1 saturated heterocycles. The highest BCUT2D eigenvalue weighted by Crippen LogP contribution is 2.44. The Kier molecular flexibility index (Phi) is 4.96. The average molecular weight is 262 g/mol. The first kappa shape index (κ1) is 14.9. The summed E-state index contributed by atoms with van der Waals surface area (Å²) in [4.78, 5) is 0. The molecular weight excluding hydrogens is 232 g/mol. The highest BCUT2D eigenvalue weighted by Gasteiger charge is 2.54. The molecule has 1 nitrogen and oxygen atoms in total. The molecule has 1 heteroatoms. The van der Waals surface area contributed by atoms with Gasteiger partial charge in [-0.3, -0.25) is 0 Å². The van der Waals surface area contributed by atoms with Crippen molar-refractivity contribution >= 4 is 0 Å². The number of hydrogen-bond donors (Lipinski definition) is 0. The van der Waals surface area contributed by atoms with Gasteiger partial charge in [0.05, 0.1) is 6.10 Å². The van der Waals surface area contributed by atoms with Crippen LogP contribution in [0.5, 0.6) is 0 Å². The molecule has 0 aromatic rings. The second kappa shape index (κ2) is 6.31. The van der Waals surface area contributed by atoms with Gasteiger partial charge in [-0.1, -0.05) is 56.8 Å². The van der Waals surface area contributed by atoms with Gasteiger partial charge in [0.15, 0.2) is 5.60 Å². The van der Waals surface area contributed by atoms with Crippen molar-refractivity contribution in [2.24, 2.45) is 5.41 Å². The van der Waals surface area contributed by atoms with Crippen LogP contribution in [0.15, 0.2) is 0 Å². The van der Waals surface area contributed by atoms with Crippen LogP contribution in [-0.2, 0) is 4.74 Å². The number of fused-ring (bicyclic) bond motifs is 1. The molecule has 19 heavy (non-hydrogen) atoms. The van der Waals surface area contributed by atoms with Gasteiger partial charge in [-0.15, -0.1) is 0 Å². The number of ether oxygens (including phenoxy) is 1. The van der Waals surface area contributed by atoms with Crippen molar-refractivity contribution in [1.29, 1.82) is 0 Å². The Morgan fingerprint density at radius 2 is 1.47 bits per heavy atom. The fraction of sp³-hybridized carbons (Fsp3) is 0.889. The Hall–Kier alpha value is -0.480. The molecule has 1 saturated carbocycles. The van der Waals surface area contributed by atoms with E-state index in [2.05, 4.69) is 32.6 Å². The fourth-order valence-electron chi connectivity index (χ4n) is 2.98. The van der Waals surface area contributed by atoms with Crippen molar-refractivity contribution < 1.29 is 4.74 Å². The van der Waals surface area contributed by atoms with E-state index in [-0.39, 0.29) is 11.0 Å². The van der Waals surface area contributed by atoms with E-state index in [1.807, 2.05) is 0 Å². The molecule has 0 spiro atoms. The molecule has 1 aliphatic heterocycles. The SMILES string of the molecule is CC(C)(C)C#C[C@]12CCCCCCCCCC[C@H]1O2. The minimum Gasteiger partial charge on any atom is -0.352 e. The molecule has 1 heterocycles. The molecule has 2 fully saturated rings. The van der Waals surface area contributed by atoms with Gasteiger partial charge < -0.3 is 4.74 Å². The lowest BCUT2D eigenvalue weighted by molar-refractivity contribution is 0.315. The van der Waals surface area contributed by atoms with Gasteiger partial charge in [0, 0.05) is 5.41 Å². The van der Waals surface area contributed by atoms with E-state index < -0.39 is 0 Å². The summed E-state index contributed by atoms with van der Waals surface area (Å²) in [5, 5.41) is 0. The summed E-state index contributed by atoms with van der Waals surface area (Å²) in [6.07, 6.45) is 13.8. The molecule has 1 aliphatic carbocycles. The second-order valence-electron chi connectivity index (χ2n) is 7.36. The summed E-state index contributed by atoms with van der Waals surface area (Å²) >= 11 is 0. The molecule has 0 N–H and O–H groups in total. The van der Waals surface area contributed by atoms with Crippen molar-refractivity contribution in [3.63, 3.8) is 0 Å². The average Bonchev–Trinajstić information content (AvgIpc) is 3.00. The molecule has 108 valence electrons. The summed E-state index contributed by atoms with van der Waals surface area (Å²) < 4.78 is 6.04. The summed E-state index contributed by atoms with van der Waals surface area (Å²) in [7, 11) is 0. The first-order valence-electron chi connectivity index (χ1n) is 8.24. The largest absolute Gasteiger partial charge is 0.352 e. The van der Waals surface area contributed by atoms with Crippen LogP contribution in [-0.4, -0.2) is 11.7 Å². The van der Waals surface area contributed by atoms with Crippen molar-refractivity contribution in [3.05, 3.63) is 0 Å². The van der Waals surface area contributed by atoms with E-state index in [1.165, 1.54) is 57.8 Å². The predicted molar refractivity (Wildman–Crippen MR) is 81.0 cm³/mol. The van der Waals surface area contributed by atoms with Crippen LogP contribution >= 0.6 is 0 Å². The number of epoxide rings is 1. The Morgan fingerprint density at radius 1 is 0.895 bits per heavy atom. The maximum absolute atomic E-state index is 6.04. The molecule has 2 atom stereocenters. The molecule has 0 radical (unpaired) electrons. The number of hydrogen-bond acceptors (Lipinski definition) is 1. The van der Waals surface area contributed by atoms with E-state index in [4.69, 9.17) is 4.74 Å². The fourth-order valence-corrected chi connectivity index (χ4v) is 2.98. The van der Waals surface area contributed by atoms with E-state index in [9.17, 15) is 0 Å². The Morgan fingerprint density at radius 3 is 2.11 bits per heavy atom. The van der Waals surface area contributed by atoms with Gasteiger partial charge in [0.1, 0.15) is 0 Å². The highest BCUT2D eigenvalue weighted by molar-refractivity contribution is 5.27. The minimum atomic E-state index is -0.0630. The molecule has 0 amide bonds. The zero-order chi connectivity index (χ0) is 13.8. The number of rotatable bonds is 0. The minimum absolute atomic E-state index is 0.0630. The quantitative estimate of drug-likeness (QED) is 0.437. The zero-order valence-corrected chi connectivity index (χ0v) is 13.1. The van der Waals surface area contributed by atoms with Crippen LogP contribution in [0, 0.1) is 17.3 Å². The zero-order valence-electron chi connectivity index (χ0n) is 13.1. The van der Waals surface area contributed by atoms with Crippen LogP contribution in [0.1, 0.15) is 85.0 Å². The third-order valence-electron chi connectivity index (χ3n) is 4.23. The standard InChI is InChI=1S/C18H30O/c1-17(2,3)14-15-18-13-11-9-7-5-4-6-8-10-12-16(18)19-18/h16H,4-13H2,1-3H3/t16-,18-/m1/s1. The smallest absolute Gasteiger partial charge is 0.155 e. The molecule has 2 rings (SSSR count).